The van der Waals surface area contributed by atoms with E-state index in [0.29, 0.717) is 17.1 Å². The number of sulfonamides is 2. The van der Waals surface area contributed by atoms with Crippen LogP contribution in [-0.2, 0) is 24.8 Å². The van der Waals surface area contributed by atoms with E-state index < -0.39 is 32.5 Å². The molecule has 0 bridgehead atoms. The third kappa shape index (κ3) is 6.35. The number of nitrogens with one attached hydrogen (secondary N) is 2. The number of hydrogen-bond acceptors (Lipinski definition) is 5. The lowest BCUT2D eigenvalue weighted by molar-refractivity contribution is -0.114. The van der Waals surface area contributed by atoms with Gasteiger partial charge in [0.05, 0.1) is 21.2 Å². The van der Waals surface area contributed by atoms with E-state index in [1.165, 1.54) is 36.4 Å². The van der Waals surface area contributed by atoms with Gasteiger partial charge in [-0.1, -0.05) is 42.5 Å². The molecular weight excluding hydrogens is 546 g/mol. The molecule has 2 N–H and O–H groups in total. The Balaban J connectivity index is 1.55. The van der Waals surface area contributed by atoms with Gasteiger partial charge < -0.3 is 5.32 Å². The summed E-state index contributed by atoms with van der Waals surface area (Å²) in [7, 11) is -7.92. The van der Waals surface area contributed by atoms with Crippen LogP contribution in [0.2, 0.25) is 0 Å². The molecule has 0 saturated heterocycles. The molecule has 0 fully saturated rings. The highest BCUT2D eigenvalue weighted by atomic mass is 32.2. The molecule has 0 radical (unpaired) electrons. The molecular formula is C30H31N3O5S2. The maximum atomic E-state index is 13.5. The lowest BCUT2D eigenvalue weighted by Gasteiger charge is -2.25. The van der Waals surface area contributed by atoms with E-state index in [2.05, 4.69) is 10.0 Å². The minimum absolute atomic E-state index is 0.0246. The highest BCUT2D eigenvalue weighted by molar-refractivity contribution is 7.93. The average molecular weight is 578 g/mol. The van der Waals surface area contributed by atoms with Gasteiger partial charge in [-0.3, -0.25) is 13.8 Å². The summed E-state index contributed by atoms with van der Waals surface area (Å²) in [5, 5.41) is 2.68. The summed E-state index contributed by atoms with van der Waals surface area (Å²) < 4.78 is 56.7. The minimum atomic E-state index is -4.05. The molecule has 1 amide bonds. The molecule has 0 aliphatic carbocycles. The molecule has 0 atom stereocenters. The zero-order valence-corrected chi connectivity index (χ0v) is 24.3. The van der Waals surface area contributed by atoms with Crippen LogP contribution in [0.4, 0.5) is 17.1 Å². The Labute approximate surface area is 235 Å². The molecule has 0 spiro atoms. The van der Waals surface area contributed by atoms with Gasteiger partial charge in [-0.2, -0.15) is 0 Å². The first-order chi connectivity index (χ1) is 18.9. The van der Waals surface area contributed by atoms with Crippen molar-refractivity contribution in [2.24, 2.45) is 0 Å². The van der Waals surface area contributed by atoms with Crippen molar-refractivity contribution in [1.29, 1.82) is 0 Å². The fraction of sp³-hybridized carbons (Fsp3) is 0.167. The van der Waals surface area contributed by atoms with Crippen LogP contribution in [0.1, 0.15) is 22.3 Å². The monoisotopic (exact) mass is 577 g/mol. The number of amides is 1. The van der Waals surface area contributed by atoms with Gasteiger partial charge in [-0.15, -0.1) is 0 Å². The fourth-order valence-corrected chi connectivity index (χ4v) is 6.77. The van der Waals surface area contributed by atoms with Crippen molar-refractivity contribution in [3.05, 3.63) is 113 Å². The Morgan fingerprint density at radius 1 is 0.675 bits per heavy atom. The van der Waals surface area contributed by atoms with Crippen molar-refractivity contribution in [3.8, 4) is 0 Å². The van der Waals surface area contributed by atoms with Gasteiger partial charge in [0.2, 0.25) is 5.91 Å². The first kappa shape index (κ1) is 28.8. The van der Waals surface area contributed by atoms with Gasteiger partial charge in [-0.25, -0.2) is 16.8 Å². The first-order valence-electron chi connectivity index (χ1n) is 12.5. The summed E-state index contributed by atoms with van der Waals surface area (Å²) >= 11 is 0. The molecule has 0 aliphatic rings. The van der Waals surface area contributed by atoms with Crippen molar-refractivity contribution in [2.75, 3.05) is 20.9 Å². The van der Waals surface area contributed by atoms with E-state index in [4.69, 9.17) is 0 Å². The summed E-state index contributed by atoms with van der Waals surface area (Å²) in [6.07, 6.45) is 0. The van der Waals surface area contributed by atoms with Crippen LogP contribution in [0.3, 0.4) is 0 Å². The maximum Gasteiger partial charge on any atom is 0.264 e. The van der Waals surface area contributed by atoms with Crippen molar-refractivity contribution in [3.63, 3.8) is 0 Å². The topological polar surface area (TPSA) is 113 Å². The third-order valence-electron chi connectivity index (χ3n) is 6.56. The molecule has 40 heavy (non-hydrogen) atoms. The zero-order chi connectivity index (χ0) is 29.1. The predicted octanol–water partition coefficient (Wildman–Crippen LogP) is 5.56. The van der Waals surface area contributed by atoms with Gasteiger partial charge >= 0.3 is 0 Å². The van der Waals surface area contributed by atoms with Gasteiger partial charge in [0.1, 0.15) is 6.54 Å². The number of aryl methyl sites for hydroxylation is 4. The number of anilines is 3. The van der Waals surface area contributed by atoms with Crippen LogP contribution in [0.15, 0.2) is 101 Å². The number of hydrogen-bond donors (Lipinski definition) is 2. The van der Waals surface area contributed by atoms with Crippen LogP contribution < -0.4 is 14.3 Å². The van der Waals surface area contributed by atoms with Gasteiger partial charge in [0.15, 0.2) is 0 Å². The normalized spacial score (nSPS) is 11.6. The second-order valence-electron chi connectivity index (χ2n) is 9.54. The van der Waals surface area contributed by atoms with E-state index in [9.17, 15) is 21.6 Å². The number of benzene rings is 4. The predicted molar refractivity (Wildman–Crippen MR) is 159 cm³/mol. The van der Waals surface area contributed by atoms with Crippen LogP contribution in [-0.4, -0.2) is 29.3 Å². The van der Waals surface area contributed by atoms with Crippen LogP contribution in [0, 0.1) is 27.7 Å². The second kappa shape index (κ2) is 11.5. The smallest absolute Gasteiger partial charge is 0.264 e. The van der Waals surface area contributed by atoms with Crippen LogP contribution in [0.5, 0.6) is 0 Å². The molecule has 0 saturated carbocycles. The second-order valence-corrected chi connectivity index (χ2v) is 13.1. The van der Waals surface area contributed by atoms with E-state index >= 15 is 0 Å². The van der Waals surface area contributed by atoms with E-state index in [1.807, 2.05) is 52.0 Å². The van der Waals surface area contributed by atoms with Crippen LogP contribution >= 0.6 is 0 Å². The molecule has 4 aromatic rings. The molecule has 0 unspecified atom stereocenters. The lowest BCUT2D eigenvalue weighted by Crippen LogP contribution is -2.38. The average Bonchev–Trinajstić information content (AvgIpc) is 2.92. The number of carbonyl (C=O) groups excluding carboxylic acids is 1. The van der Waals surface area contributed by atoms with E-state index in [0.717, 1.165) is 26.6 Å². The van der Waals surface area contributed by atoms with Crippen molar-refractivity contribution >= 4 is 43.0 Å². The molecule has 8 nitrogen and oxygen atoms in total. The Bertz CT molecular complexity index is 1730. The summed E-state index contributed by atoms with van der Waals surface area (Å²) in [6, 6.07) is 24.3. The number of nitrogens with zero attached hydrogens (tertiary/aromatic N) is 1. The fourth-order valence-electron chi connectivity index (χ4n) is 4.13. The molecule has 4 rings (SSSR count). The Morgan fingerprint density at radius 3 is 1.90 bits per heavy atom. The molecule has 0 aromatic heterocycles. The summed E-state index contributed by atoms with van der Waals surface area (Å²) in [4.78, 5) is 13.2. The van der Waals surface area contributed by atoms with Crippen molar-refractivity contribution in [1.82, 2.24) is 0 Å². The summed E-state index contributed by atoms with van der Waals surface area (Å²) in [5.41, 5.74) is 4.68. The summed E-state index contributed by atoms with van der Waals surface area (Å²) in [5.74, 6) is -0.581. The SMILES string of the molecule is Cc1ccc(N(CC(=O)Nc2ccc(S(=O)(=O)Nc3c(C)cccc3C)cc2)S(=O)(=O)c2ccccc2)cc1C. The molecule has 0 heterocycles. The largest absolute Gasteiger partial charge is 0.325 e. The van der Waals surface area contributed by atoms with Gasteiger partial charge in [0, 0.05) is 5.69 Å². The summed E-state index contributed by atoms with van der Waals surface area (Å²) in [6.45, 7) is 6.96. The maximum absolute atomic E-state index is 13.5. The Morgan fingerprint density at radius 2 is 1.30 bits per heavy atom. The highest BCUT2D eigenvalue weighted by Crippen LogP contribution is 2.27. The third-order valence-corrected chi connectivity index (χ3v) is 9.72. The van der Waals surface area contributed by atoms with Gasteiger partial charge in [-0.05, 0) is 98.5 Å². The zero-order valence-electron chi connectivity index (χ0n) is 22.7. The molecule has 4 aromatic carbocycles. The standard InChI is InChI=1S/C30H31N3O5S2/c1-21-13-16-26(19-24(21)4)33(40(37,38)28-11-6-5-7-12-28)20-29(34)31-25-14-17-27(18-15-25)39(35,36)32-30-22(2)9-8-10-23(30)3/h5-19,32H,20H2,1-4H3,(H,31,34). The Hall–Kier alpha value is -4.15. The lowest BCUT2D eigenvalue weighted by atomic mass is 10.1. The highest BCUT2D eigenvalue weighted by Gasteiger charge is 2.27. The van der Waals surface area contributed by atoms with Crippen molar-refractivity contribution < 1.29 is 21.6 Å². The quantitative estimate of drug-likeness (QED) is 0.271. The molecule has 10 heteroatoms. The first-order valence-corrected chi connectivity index (χ1v) is 15.4. The number of carbonyl (C=O) groups is 1. The van der Waals surface area contributed by atoms with Crippen LogP contribution in [0.25, 0.3) is 0 Å². The van der Waals surface area contributed by atoms with Crippen molar-refractivity contribution in [2.45, 2.75) is 37.5 Å². The van der Waals surface area contributed by atoms with E-state index in [-0.39, 0.29) is 9.79 Å². The number of rotatable bonds is 9. The van der Waals surface area contributed by atoms with E-state index in [1.54, 1.807) is 30.3 Å². The van der Waals surface area contributed by atoms with Gasteiger partial charge in [0.25, 0.3) is 20.0 Å². The minimum Gasteiger partial charge on any atom is -0.325 e. The number of para-hydroxylation sites is 1. The molecule has 208 valence electrons. The Kier molecular flexibility index (Phi) is 8.32. The molecule has 0 aliphatic heterocycles.